The minimum absolute atomic E-state index is 0.0177. The summed E-state index contributed by atoms with van der Waals surface area (Å²) in [5.41, 5.74) is 2.88. The highest BCUT2D eigenvalue weighted by Crippen LogP contribution is 2.28. The molecule has 1 fully saturated rings. The lowest BCUT2D eigenvalue weighted by atomic mass is 9.92. The number of nitrogens with zero attached hydrogens (tertiary/aromatic N) is 4. The van der Waals surface area contributed by atoms with E-state index in [-0.39, 0.29) is 11.3 Å². The maximum atomic E-state index is 12.2. The minimum Gasteiger partial charge on any atom is -0.354 e. The van der Waals surface area contributed by atoms with Gasteiger partial charge in [-0.05, 0) is 30.7 Å². The highest BCUT2D eigenvalue weighted by atomic mass is 32.2. The van der Waals surface area contributed by atoms with Crippen molar-refractivity contribution in [2.24, 2.45) is 5.92 Å². The molecule has 6 nitrogen and oxygen atoms in total. The predicted octanol–water partition coefficient (Wildman–Crippen LogP) is 4.20. The standard InChI is InChI=1S/C25H37N5OS/c1-18(2)16-26-23(31)20-9-7-19(8-10-20)17-32-24-27-21(25(3,4)5)15-22(28-24)30-13-11-29(6)12-14-30/h7-10,15,18H,11-14,16-17H2,1-6H3,(H,26,31). The quantitative estimate of drug-likeness (QED) is 0.499. The molecule has 174 valence electrons. The molecular formula is C25H37N5OS. The number of thioether (sulfide) groups is 1. The number of hydrogen-bond donors (Lipinski definition) is 1. The largest absolute Gasteiger partial charge is 0.354 e. The van der Waals surface area contributed by atoms with Gasteiger partial charge in [-0.15, -0.1) is 0 Å². The summed E-state index contributed by atoms with van der Waals surface area (Å²) in [6, 6.07) is 9.99. The first-order chi connectivity index (χ1) is 15.1. The van der Waals surface area contributed by atoms with Crippen LogP contribution in [-0.4, -0.2) is 60.5 Å². The van der Waals surface area contributed by atoms with Crippen LogP contribution in [-0.2, 0) is 11.2 Å². The smallest absolute Gasteiger partial charge is 0.251 e. The number of anilines is 1. The second-order valence-electron chi connectivity index (χ2n) is 10.0. The lowest BCUT2D eigenvalue weighted by Crippen LogP contribution is -2.45. The van der Waals surface area contributed by atoms with E-state index >= 15 is 0 Å². The normalized spacial score (nSPS) is 15.3. The fourth-order valence-corrected chi connectivity index (χ4v) is 4.17. The van der Waals surface area contributed by atoms with Gasteiger partial charge in [0.25, 0.3) is 5.91 Å². The topological polar surface area (TPSA) is 61.4 Å². The van der Waals surface area contributed by atoms with Gasteiger partial charge in [0.15, 0.2) is 5.16 Å². The fraction of sp³-hybridized carbons (Fsp3) is 0.560. The number of benzene rings is 1. The number of carbonyl (C=O) groups is 1. The summed E-state index contributed by atoms with van der Waals surface area (Å²) in [4.78, 5) is 26.7. The van der Waals surface area contributed by atoms with Crippen LogP contribution in [0.5, 0.6) is 0 Å². The van der Waals surface area contributed by atoms with Crippen LogP contribution >= 0.6 is 11.8 Å². The molecule has 0 bridgehead atoms. The van der Waals surface area contributed by atoms with Crippen molar-refractivity contribution in [1.82, 2.24) is 20.2 Å². The summed E-state index contributed by atoms with van der Waals surface area (Å²) in [6.45, 7) is 15.5. The summed E-state index contributed by atoms with van der Waals surface area (Å²) < 4.78 is 0. The molecule has 1 aromatic heterocycles. The zero-order chi connectivity index (χ0) is 23.3. The van der Waals surface area contributed by atoms with Gasteiger partial charge in [-0.2, -0.15) is 0 Å². The number of amides is 1. The number of rotatable bonds is 7. The molecule has 1 saturated heterocycles. The van der Waals surface area contributed by atoms with E-state index in [2.05, 4.69) is 62.8 Å². The van der Waals surface area contributed by atoms with E-state index in [4.69, 9.17) is 9.97 Å². The minimum atomic E-state index is -0.0371. The molecule has 7 heteroatoms. The van der Waals surface area contributed by atoms with Crippen LogP contribution in [0.4, 0.5) is 5.82 Å². The van der Waals surface area contributed by atoms with Gasteiger partial charge in [-0.1, -0.05) is 58.5 Å². The fourth-order valence-electron chi connectivity index (χ4n) is 3.36. The lowest BCUT2D eigenvalue weighted by Gasteiger charge is -2.34. The van der Waals surface area contributed by atoms with Crippen molar-refractivity contribution in [2.45, 2.75) is 50.9 Å². The summed E-state index contributed by atoms with van der Waals surface area (Å²) >= 11 is 1.65. The first-order valence-electron chi connectivity index (χ1n) is 11.4. The van der Waals surface area contributed by atoms with Gasteiger partial charge >= 0.3 is 0 Å². The molecule has 2 heterocycles. The SMILES string of the molecule is CC(C)CNC(=O)c1ccc(CSc2nc(N3CCN(C)CC3)cc(C(C)(C)C)n2)cc1. The van der Waals surface area contributed by atoms with Gasteiger partial charge in [0, 0.05) is 55.5 Å². The third-order valence-electron chi connectivity index (χ3n) is 5.54. The van der Waals surface area contributed by atoms with Crippen molar-refractivity contribution >= 4 is 23.5 Å². The van der Waals surface area contributed by atoms with Gasteiger partial charge < -0.3 is 15.1 Å². The predicted molar refractivity (Wildman–Crippen MR) is 134 cm³/mol. The van der Waals surface area contributed by atoms with Crippen molar-refractivity contribution in [3.63, 3.8) is 0 Å². The molecule has 0 saturated carbocycles. The molecule has 0 unspecified atom stereocenters. The van der Waals surface area contributed by atoms with E-state index in [0.717, 1.165) is 54.2 Å². The molecule has 0 aliphatic carbocycles. The van der Waals surface area contributed by atoms with Crippen LogP contribution in [0.3, 0.4) is 0 Å². The maximum absolute atomic E-state index is 12.2. The number of carbonyl (C=O) groups excluding carboxylic acids is 1. The molecule has 1 aliphatic heterocycles. The Morgan fingerprint density at radius 1 is 1.09 bits per heavy atom. The molecule has 32 heavy (non-hydrogen) atoms. The first kappa shape index (κ1) is 24.5. The average Bonchev–Trinajstić information content (AvgIpc) is 2.76. The van der Waals surface area contributed by atoms with Crippen LogP contribution in [0.15, 0.2) is 35.5 Å². The van der Waals surface area contributed by atoms with E-state index in [9.17, 15) is 4.79 Å². The van der Waals surface area contributed by atoms with Crippen LogP contribution in [0.2, 0.25) is 0 Å². The zero-order valence-corrected chi connectivity index (χ0v) is 21.1. The Kier molecular flexibility index (Phi) is 8.17. The Balaban J connectivity index is 1.69. The van der Waals surface area contributed by atoms with Crippen LogP contribution < -0.4 is 10.2 Å². The van der Waals surface area contributed by atoms with Crippen molar-refractivity contribution < 1.29 is 4.79 Å². The lowest BCUT2D eigenvalue weighted by molar-refractivity contribution is 0.0949. The number of nitrogens with one attached hydrogen (secondary N) is 1. The zero-order valence-electron chi connectivity index (χ0n) is 20.3. The number of aromatic nitrogens is 2. The summed E-state index contributed by atoms with van der Waals surface area (Å²) in [5.74, 6) is 2.21. The molecule has 3 rings (SSSR count). The molecule has 0 spiro atoms. The second kappa shape index (κ2) is 10.7. The number of hydrogen-bond acceptors (Lipinski definition) is 6. The summed E-state index contributed by atoms with van der Waals surface area (Å²) in [7, 11) is 2.17. The third kappa shape index (κ3) is 6.94. The van der Waals surface area contributed by atoms with E-state index in [1.54, 1.807) is 11.8 Å². The van der Waals surface area contributed by atoms with Gasteiger partial charge in [0.2, 0.25) is 0 Å². The van der Waals surface area contributed by atoms with Crippen molar-refractivity contribution in [1.29, 1.82) is 0 Å². The highest BCUT2D eigenvalue weighted by Gasteiger charge is 2.22. The molecule has 0 atom stereocenters. The molecule has 1 aliphatic rings. The van der Waals surface area contributed by atoms with Gasteiger partial charge in [0.1, 0.15) is 5.82 Å². The molecule has 1 aromatic carbocycles. The molecule has 2 aromatic rings. The van der Waals surface area contributed by atoms with Crippen LogP contribution in [0.25, 0.3) is 0 Å². The second-order valence-corrected chi connectivity index (χ2v) is 11.0. The van der Waals surface area contributed by atoms with Crippen LogP contribution in [0.1, 0.15) is 56.2 Å². The van der Waals surface area contributed by atoms with Crippen LogP contribution in [0, 0.1) is 5.92 Å². The molecule has 0 radical (unpaired) electrons. The van der Waals surface area contributed by atoms with E-state index in [1.807, 2.05) is 24.3 Å². The summed E-state index contributed by atoms with van der Waals surface area (Å²) in [5, 5.41) is 3.77. The van der Waals surface area contributed by atoms with Gasteiger partial charge in [0.05, 0.1) is 5.69 Å². The van der Waals surface area contributed by atoms with E-state index < -0.39 is 0 Å². The average molecular weight is 456 g/mol. The Hall–Kier alpha value is -2.12. The number of likely N-dealkylation sites (N-methyl/N-ethyl adjacent to an activating group) is 1. The number of piperazine rings is 1. The summed E-state index contributed by atoms with van der Waals surface area (Å²) in [6.07, 6.45) is 0. The Bertz CT molecular complexity index is 900. The Morgan fingerprint density at radius 2 is 1.75 bits per heavy atom. The Labute approximate surface area is 197 Å². The maximum Gasteiger partial charge on any atom is 0.251 e. The molecule has 1 N–H and O–H groups in total. The van der Waals surface area contributed by atoms with Crippen molar-refractivity contribution in [2.75, 3.05) is 44.7 Å². The first-order valence-corrected chi connectivity index (χ1v) is 12.4. The van der Waals surface area contributed by atoms with Crippen molar-refractivity contribution in [3.05, 3.63) is 47.2 Å². The third-order valence-corrected chi connectivity index (χ3v) is 6.46. The highest BCUT2D eigenvalue weighted by molar-refractivity contribution is 7.98. The van der Waals surface area contributed by atoms with Gasteiger partial charge in [-0.25, -0.2) is 9.97 Å². The monoisotopic (exact) mass is 455 g/mol. The van der Waals surface area contributed by atoms with Crippen molar-refractivity contribution in [3.8, 4) is 0 Å². The van der Waals surface area contributed by atoms with Gasteiger partial charge in [-0.3, -0.25) is 4.79 Å². The van der Waals surface area contributed by atoms with E-state index in [1.165, 1.54) is 0 Å². The Morgan fingerprint density at radius 3 is 2.34 bits per heavy atom. The van der Waals surface area contributed by atoms with E-state index in [0.29, 0.717) is 18.0 Å². The molecule has 1 amide bonds. The molecular weight excluding hydrogens is 418 g/mol.